The van der Waals surface area contributed by atoms with Crippen molar-refractivity contribution < 1.29 is 4.39 Å². The maximum absolute atomic E-state index is 13.0. The summed E-state index contributed by atoms with van der Waals surface area (Å²) in [6.07, 6.45) is 2.79. The number of halogens is 1. The molecule has 2 N–H and O–H groups in total. The van der Waals surface area contributed by atoms with Crippen LogP contribution in [0, 0.1) is 22.6 Å². The molecule has 0 saturated heterocycles. The second-order valence-electron chi connectivity index (χ2n) is 4.31. The van der Waals surface area contributed by atoms with E-state index in [1.807, 2.05) is 0 Å². The van der Waals surface area contributed by atoms with Gasteiger partial charge in [-0.25, -0.2) is 4.39 Å². The first-order chi connectivity index (χ1) is 7.65. The van der Waals surface area contributed by atoms with Crippen LogP contribution in [0.25, 0.3) is 0 Å². The molecule has 0 heterocycles. The number of nitrogens with zero attached hydrogens (tertiary/aromatic N) is 1. The number of nitrogen functional groups attached to an aromatic ring is 1. The van der Waals surface area contributed by atoms with E-state index in [9.17, 15) is 4.39 Å². The van der Waals surface area contributed by atoms with E-state index in [4.69, 9.17) is 11.0 Å². The van der Waals surface area contributed by atoms with E-state index in [2.05, 4.69) is 6.07 Å². The molecule has 0 amide bonds. The molecule has 1 aliphatic rings. The van der Waals surface area contributed by atoms with Gasteiger partial charge in [-0.2, -0.15) is 5.26 Å². The molecule has 0 radical (unpaired) electrons. The number of nitrogens with two attached hydrogens (primary N) is 1. The number of rotatable bonds is 4. The number of nitriles is 1. The second kappa shape index (κ2) is 4.34. The highest BCUT2D eigenvalue weighted by molar-refractivity contribution is 7.99. The number of hydrogen-bond acceptors (Lipinski definition) is 3. The first kappa shape index (κ1) is 11.3. The lowest BCUT2D eigenvalue weighted by Crippen LogP contribution is -2.03. The van der Waals surface area contributed by atoms with Crippen LogP contribution < -0.4 is 5.73 Å². The summed E-state index contributed by atoms with van der Waals surface area (Å²) in [5, 5.41) is 8.69. The van der Waals surface area contributed by atoms with Crippen molar-refractivity contribution in [2.45, 2.75) is 24.2 Å². The zero-order valence-electron chi connectivity index (χ0n) is 8.87. The fourth-order valence-electron chi connectivity index (χ4n) is 1.58. The van der Waals surface area contributed by atoms with Crippen LogP contribution in [0.5, 0.6) is 0 Å². The molecule has 0 atom stereocenters. The average Bonchev–Trinajstić information content (AvgIpc) is 3.01. The van der Waals surface area contributed by atoms with Crippen molar-refractivity contribution in [2.75, 3.05) is 11.5 Å². The monoisotopic (exact) mass is 236 g/mol. The predicted octanol–water partition coefficient (Wildman–Crippen LogP) is 3.19. The summed E-state index contributed by atoms with van der Waals surface area (Å²) in [4.78, 5) is 0.782. The molecule has 1 aliphatic carbocycles. The Morgan fingerprint density at radius 2 is 2.25 bits per heavy atom. The van der Waals surface area contributed by atoms with Gasteiger partial charge in [-0.05, 0) is 36.5 Å². The van der Waals surface area contributed by atoms with Crippen LogP contribution in [0.4, 0.5) is 10.1 Å². The van der Waals surface area contributed by atoms with Gasteiger partial charge < -0.3 is 5.73 Å². The van der Waals surface area contributed by atoms with E-state index in [1.165, 1.54) is 12.1 Å². The lowest BCUT2D eigenvalue weighted by molar-refractivity contribution is 0.603. The SMILES string of the molecule is N#CCC1(CSc2cc(F)ccc2N)CC1. The molecule has 0 aromatic heterocycles. The average molecular weight is 236 g/mol. The smallest absolute Gasteiger partial charge is 0.124 e. The first-order valence-corrected chi connectivity index (χ1v) is 6.19. The Labute approximate surface area is 98.6 Å². The summed E-state index contributed by atoms with van der Waals surface area (Å²) < 4.78 is 13.0. The van der Waals surface area contributed by atoms with E-state index < -0.39 is 0 Å². The van der Waals surface area contributed by atoms with Gasteiger partial charge >= 0.3 is 0 Å². The van der Waals surface area contributed by atoms with E-state index in [0.717, 1.165) is 23.5 Å². The third-order valence-electron chi connectivity index (χ3n) is 2.92. The molecule has 0 unspecified atom stereocenters. The summed E-state index contributed by atoms with van der Waals surface area (Å²) in [5.74, 6) is 0.593. The zero-order chi connectivity index (χ0) is 11.6. The molecule has 16 heavy (non-hydrogen) atoms. The highest BCUT2D eigenvalue weighted by atomic mass is 32.2. The van der Waals surface area contributed by atoms with Crippen LogP contribution in [0.15, 0.2) is 23.1 Å². The Kier molecular flexibility index (Phi) is 3.06. The molecule has 2 rings (SSSR count). The van der Waals surface area contributed by atoms with Gasteiger partial charge in [-0.1, -0.05) is 0 Å². The molecule has 0 aliphatic heterocycles. The van der Waals surface area contributed by atoms with Gasteiger partial charge in [0.2, 0.25) is 0 Å². The molecular weight excluding hydrogens is 223 g/mol. The number of thioether (sulfide) groups is 1. The summed E-state index contributed by atoms with van der Waals surface area (Å²) in [6.45, 7) is 0. The molecular formula is C12H13FN2S. The van der Waals surface area contributed by atoms with Crippen molar-refractivity contribution in [1.82, 2.24) is 0 Å². The molecule has 1 fully saturated rings. The minimum Gasteiger partial charge on any atom is -0.398 e. The van der Waals surface area contributed by atoms with Crippen molar-refractivity contribution >= 4 is 17.4 Å². The second-order valence-corrected chi connectivity index (χ2v) is 5.32. The normalized spacial score (nSPS) is 16.8. The van der Waals surface area contributed by atoms with Crippen molar-refractivity contribution in [2.24, 2.45) is 5.41 Å². The Balaban J connectivity index is 2.00. The van der Waals surface area contributed by atoms with Gasteiger partial charge in [-0.3, -0.25) is 0 Å². The highest BCUT2D eigenvalue weighted by Crippen LogP contribution is 2.52. The van der Waals surface area contributed by atoms with Crippen molar-refractivity contribution in [3.8, 4) is 6.07 Å². The highest BCUT2D eigenvalue weighted by Gasteiger charge is 2.42. The number of anilines is 1. The van der Waals surface area contributed by atoms with Gasteiger partial charge in [0.1, 0.15) is 5.82 Å². The summed E-state index contributed by atoms with van der Waals surface area (Å²) >= 11 is 1.55. The predicted molar refractivity (Wildman–Crippen MR) is 63.4 cm³/mol. The Bertz CT molecular complexity index is 435. The molecule has 2 nitrogen and oxygen atoms in total. The van der Waals surface area contributed by atoms with Crippen LogP contribution in [-0.4, -0.2) is 5.75 Å². The Morgan fingerprint density at radius 1 is 1.50 bits per heavy atom. The van der Waals surface area contributed by atoms with Crippen LogP contribution in [0.3, 0.4) is 0 Å². The van der Waals surface area contributed by atoms with Crippen LogP contribution >= 0.6 is 11.8 Å². The minimum atomic E-state index is -0.262. The minimum absolute atomic E-state index is 0.165. The van der Waals surface area contributed by atoms with Gasteiger partial charge in [0.05, 0.1) is 6.07 Å². The standard InChI is InChI=1S/C12H13FN2S/c13-9-1-2-10(15)11(7-9)16-8-12(3-4-12)5-6-14/h1-2,7H,3-5,8,15H2. The first-order valence-electron chi connectivity index (χ1n) is 5.20. The van der Waals surface area contributed by atoms with Crippen LogP contribution in [0.1, 0.15) is 19.3 Å². The third-order valence-corrected chi connectivity index (χ3v) is 4.34. The fourth-order valence-corrected chi connectivity index (χ4v) is 2.86. The van der Waals surface area contributed by atoms with E-state index in [0.29, 0.717) is 12.1 Å². The number of hydrogen-bond donors (Lipinski definition) is 1. The largest absolute Gasteiger partial charge is 0.398 e. The molecule has 4 heteroatoms. The quantitative estimate of drug-likeness (QED) is 0.645. The zero-order valence-corrected chi connectivity index (χ0v) is 9.69. The molecule has 1 aromatic carbocycles. The van der Waals surface area contributed by atoms with Crippen molar-refractivity contribution in [1.29, 1.82) is 5.26 Å². The molecule has 1 saturated carbocycles. The van der Waals surface area contributed by atoms with Gasteiger partial charge in [0, 0.05) is 22.8 Å². The van der Waals surface area contributed by atoms with E-state index >= 15 is 0 Å². The molecule has 84 valence electrons. The summed E-state index contributed by atoms with van der Waals surface area (Å²) in [7, 11) is 0. The van der Waals surface area contributed by atoms with Crippen molar-refractivity contribution in [3.63, 3.8) is 0 Å². The maximum atomic E-state index is 13.0. The van der Waals surface area contributed by atoms with Gasteiger partial charge in [-0.15, -0.1) is 11.8 Å². The molecule has 0 spiro atoms. The fraction of sp³-hybridized carbons (Fsp3) is 0.417. The molecule has 0 bridgehead atoms. The Morgan fingerprint density at radius 3 is 2.88 bits per heavy atom. The lowest BCUT2D eigenvalue weighted by atomic mass is 10.1. The maximum Gasteiger partial charge on any atom is 0.124 e. The van der Waals surface area contributed by atoms with E-state index in [1.54, 1.807) is 17.8 Å². The number of benzene rings is 1. The molecule has 1 aromatic rings. The van der Waals surface area contributed by atoms with Crippen LogP contribution in [-0.2, 0) is 0 Å². The topological polar surface area (TPSA) is 49.8 Å². The Hall–Kier alpha value is -1.21. The van der Waals surface area contributed by atoms with Gasteiger partial charge in [0.15, 0.2) is 0 Å². The summed E-state index contributed by atoms with van der Waals surface area (Å²) in [6, 6.07) is 6.62. The van der Waals surface area contributed by atoms with Crippen LogP contribution in [0.2, 0.25) is 0 Å². The van der Waals surface area contributed by atoms with E-state index in [-0.39, 0.29) is 11.2 Å². The van der Waals surface area contributed by atoms with Crippen molar-refractivity contribution in [3.05, 3.63) is 24.0 Å². The van der Waals surface area contributed by atoms with Gasteiger partial charge in [0.25, 0.3) is 0 Å². The lowest BCUT2D eigenvalue weighted by Gasteiger charge is -2.11. The third kappa shape index (κ3) is 2.48. The summed E-state index contributed by atoms with van der Waals surface area (Å²) in [5.41, 5.74) is 6.54.